The van der Waals surface area contributed by atoms with Crippen LogP contribution in [0.2, 0.25) is 0 Å². The van der Waals surface area contributed by atoms with Crippen molar-refractivity contribution in [2.24, 2.45) is 0 Å². The Morgan fingerprint density at radius 2 is 1.82 bits per heavy atom. The molecule has 6 nitrogen and oxygen atoms in total. The summed E-state index contributed by atoms with van der Waals surface area (Å²) in [7, 11) is 0. The minimum absolute atomic E-state index is 0.0132. The van der Waals surface area contributed by atoms with Crippen molar-refractivity contribution in [1.29, 1.82) is 0 Å². The number of ether oxygens (including phenoxy) is 2. The molecule has 200 valence electrons. The Balaban J connectivity index is 1.29. The van der Waals surface area contributed by atoms with Crippen molar-refractivity contribution in [3.8, 4) is 5.75 Å². The molecule has 3 aromatic carbocycles. The number of rotatable bonds is 6. The van der Waals surface area contributed by atoms with Crippen LogP contribution in [0.4, 0.5) is 9.18 Å². The van der Waals surface area contributed by atoms with E-state index in [0.29, 0.717) is 11.3 Å². The van der Waals surface area contributed by atoms with Crippen LogP contribution < -0.4 is 10.1 Å². The highest BCUT2D eigenvalue weighted by Crippen LogP contribution is 2.48. The molecule has 1 aliphatic heterocycles. The van der Waals surface area contributed by atoms with Crippen LogP contribution in [-0.4, -0.2) is 47.9 Å². The molecular weight excluding hydrogens is 483 g/mol. The van der Waals surface area contributed by atoms with E-state index in [1.165, 1.54) is 4.90 Å². The first kappa shape index (κ1) is 26.0. The third-order valence-electron chi connectivity index (χ3n) is 7.30. The summed E-state index contributed by atoms with van der Waals surface area (Å²) in [4.78, 5) is 27.5. The number of likely N-dealkylation sites (tertiary alicyclic amines) is 1. The Hall–Kier alpha value is -3.61. The van der Waals surface area contributed by atoms with Crippen LogP contribution in [0.25, 0.3) is 10.8 Å². The number of nitrogens with one attached hydrogen (secondary N) is 1. The summed E-state index contributed by atoms with van der Waals surface area (Å²) in [6.07, 6.45) is 0.285. The molecule has 1 saturated heterocycles. The maximum atomic E-state index is 14.2. The van der Waals surface area contributed by atoms with Gasteiger partial charge in [-0.2, -0.15) is 0 Å². The van der Waals surface area contributed by atoms with Gasteiger partial charge in [0.05, 0.1) is 18.1 Å². The zero-order valence-corrected chi connectivity index (χ0v) is 22.4. The number of amides is 2. The summed E-state index contributed by atoms with van der Waals surface area (Å²) in [6, 6.07) is 19.4. The van der Waals surface area contributed by atoms with Crippen molar-refractivity contribution in [3.63, 3.8) is 0 Å². The van der Waals surface area contributed by atoms with Gasteiger partial charge < -0.3 is 14.8 Å². The second-order valence-corrected chi connectivity index (χ2v) is 11.5. The van der Waals surface area contributed by atoms with Crippen LogP contribution in [0.3, 0.4) is 0 Å². The number of fused-ring (bicyclic) bond motifs is 1. The maximum Gasteiger partial charge on any atom is 0.410 e. The van der Waals surface area contributed by atoms with E-state index in [-0.39, 0.29) is 31.0 Å². The number of carbonyl (C=O) groups is 2. The number of alkyl halides is 1. The van der Waals surface area contributed by atoms with Crippen LogP contribution in [0.5, 0.6) is 5.75 Å². The lowest BCUT2D eigenvalue weighted by molar-refractivity contribution is 0.0181. The number of hydrogen-bond acceptors (Lipinski definition) is 4. The van der Waals surface area contributed by atoms with E-state index in [0.717, 1.165) is 34.7 Å². The van der Waals surface area contributed by atoms with Crippen molar-refractivity contribution in [2.45, 2.75) is 70.3 Å². The largest absolute Gasteiger partial charge is 0.491 e. The van der Waals surface area contributed by atoms with Crippen molar-refractivity contribution in [2.75, 3.05) is 13.2 Å². The third-order valence-corrected chi connectivity index (χ3v) is 7.30. The first-order valence-electron chi connectivity index (χ1n) is 13.2. The number of hydrogen-bond donors (Lipinski definition) is 1. The van der Waals surface area contributed by atoms with Crippen molar-refractivity contribution in [1.82, 2.24) is 10.2 Å². The topological polar surface area (TPSA) is 67.9 Å². The van der Waals surface area contributed by atoms with E-state index in [9.17, 15) is 14.0 Å². The van der Waals surface area contributed by atoms with E-state index in [2.05, 4.69) is 29.6 Å². The molecule has 2 amide bonds. The predicted octanol–water partition coefficient (Wildman–Crippen LogP) is 6.29. The average Bonchev–Trinajstić information content (AvgIpc) is 3.54. The lowest BCUT2D eigenvalue weighted by Crippen LogP contribution is -2.42. The van der Waals surface area contributed by atoms with E-state index in [1.54, 1.807) is 32.9 Å². The lowest BCUT2D eigenvalue weighted by atomic mass is 9.96. The third kappa shape index (κ3) is 5.47. The van der Waals surface area contributed by atoms with Gasteiger partial charge in [-0.05, 0) is 74.6 Å². The maximum absolute atomic E-state index is 14.2. The van der Waals surface area contributed by atoms with Gasteiger partial charge >= 0.3 is 6.09 Å². The number of carbonyl (C=O) groups excluding carboxylic acids is 2. The second-order valence-electron chi connectivity index (χ2n) is 11.5. The molecule has 0 bridgehead atoms. The van der Waals surface area contributed by atoms with E-state index in [4.69, 9.17) is 9.47 Å². The molecule has 0 aromatic heterocycles. The minimum Gasteiger partial charge on any atom is -0.491 e. The SMILES string of the molecule is Cc1ccc(OC[C@H]2C[C@@H](F)CN2C(=O)OC(C)(C)C)cc1C(=O)NC1(c2cccc3ccccc23)CC1. The van der Waals surface area contributed by atoms with E-state index in [1.807, 2.05) is 31.2 Å². The zero-order valence-electron chi connectivity index (χ0n) is 22.4. The van der Waals surface area contributed by atoms with Gasteiger partial charge in [0.1, 0.15) is 24.1 Å². The minimum atomic E-state index is -1.13. The van der Waals surface area contributed by atoms with Crippen molar-refractivity contribution in [3.05, 3.63) is 77.4 Å². The van der Waals surface area contributed by atoms with Crippen molar-refractivity contribution < 1.29 is 23.5 Å². The van der Waals surface area contributed by atoms with Gasteiger partial charge in [0.15, 0.2) is 0 Å². The summed E-state index contributed by atoms with van der Waals surface area (Å²) in [5.41, 5.74) is 1.46. The highest BCUT2D eigenvalue weighted by Gasteiger charge is 2.46. The van der Waals surface area contributed by atoms with Gasteiger partial charge in [0.25, 0.3) is 5.91 Å². The Bertz CT molecular complexity index is 1360. The van der Waals surface area contributed by atoms with Crippen LogP contribution in [0, 0.1) is 6.92 Å². The number of aryl methyl sites for hydroxylation is 1. The molecule has 3 aromatic rings. The molecule has 1 aliphatic carbocycles. The monoisotopic (exact) mass is 518 g/mol. The van der Waals surface area contributed by atoms with Crippen LogP contribution in [0.15, 0.2) is 60.7 Å². The number of nitrogens with zero attached hydrogens (tertiary/aromatic N) is 1. The first-order valence-corrected chi connectivity index (χ1v) is 13.2. The summed E-state index contributed by atoms with van der Waals surface area (Å²) < 4.78 is 25.6. The molecule has 2 atom stereocenters. The van der Waals surface area contributed by atoms with Gasteiger partial charge in [0.2, 0.25) is 0 Å². The quantitative estimate of drug-likeness (QED) is 0.416. The molecule has 0 unspecified atom stereocenters. The fourth-order valence-corrected chi connectivity index (χ4v) is 5.20. The first-order chi connectivity index (χ1) is 18.0. The molecule has 38 heavy (non-hydrogen) atoms. The molecule has 1 saturated carbocycles. The summed E-state index contributed by atoms with van der Waals surface area (Å²) >= 11 is 0. The van der Waals surface area contributed by atoms with Crippen LogP contribution in [0.1, 0.15) is 61.5 Å². The molecule has 7 heteroatoms. The van der Waals surface area contributed by atoms with Gasteiger partial charge in [-0.1, -0.05) is 48.5 Å². The standard InChI is InChI=1S/C31H35FN2O4/c1-20-12-13-24(37-19-23-16-22(32)18-34(23)29(36)38-30(2,3)4)17-26(20)28(35)33-31(14-15-31)27-11-7-9-21-8-5-6-10-25(21)27/h5-13,17,22-23H,14-16,18-19H2,1-4H3,(H,33,35)/t22-,23-/m1/s1. The highest BCUT2D eigenvalue weighted by atomic mass is 19.1. The van der Waals surface area contributed by atoms with Crippen molar-refractivity contribution >= 4 is 22.8 Å². The van der Waals surface area contributed by atoms with Gasteiger partial charge in [-0.25, -0.2) is 9.18 Å². The Labute approximate surface area is 223 Å². The van der Waals surface area contributed by atoms with Crippen LogP contribution in [-0.2, 0) is 10.3 Å². The van der Waals surface area contributed by atoms with Gasteiger partial charge in [-0.15, -0.1) is 0 Å². The molecular formula is C31H35FN2O4. The number of benzene rings is 3. The normalized spacial score (nSPS) is 20.3. The Kier molecular flexibility index (Phi) is 6.80. The lowest BCUT2D eigenvalue weighted by Gasteiger charge is -2.28. The Morgan fingerprint density at radius 3 is 2.55 bits per heavy atom. The molecule has 2 aliphatic rings. The Morgan fingerprint density at radius 1 is 1.08 bits per heavy atom. The molecule has 0 spiro atoms. The number of halogens is 1. The highest BCUT2D eigenvalue weighted by molar-refractivity contribution is 5.97. The second kappa shape index (κ2) is 9.93. The fourth-order valence-electron chi connectivity index (χ4n) is 5.20. The molecule has 0 radical (unpaired) electrons. The smallest absolute Gasteiger partial charge is 0.410 e. The molecule has 5 rings (SSSR count). The zero-order chi connectivity index (χ0) is 27.1. The summed E-state index contributed by atoms with van der Waals surface area (Å²) in [5, 5.41) is 5.60. The summed E-state index contributed by atoms with van der Waals surface area (Å²) in [6.45, 7) is 7.34. The molecule has 1 N–H and O–H groups in total. The van der Waals surface area contributed by atoms with Crippen LogP contribution >= 0.6 is 0 Å². The average molecular weight is 519 g/mol. The van der Waals surface area contributed by atoms with E-state index < -0.39 is 23.9 Å². The van der Waals surface area contributed by atoms with E-state index >= 15 is 0 Å². The fraction of sp³-hybridized carbons (Fsp3) is 0.419. The predicted molar refractivity (Wildman–Crippen MR) is 145 cm³/mol. The molecule has 1 heterocycles. The van der Waals surface area contributed by atoms with Gasteiger partial charge in [0, 0.05) is 12.0 Å². The summed E-state index contributed by atoms with van der Waals surface area (Å²) in [5.74, 6) is 0.348. The molecule has 2 fully saturated rings. The van der Waals surface area contributed by atoms with Gasteiger partial charge in [-0.3, -0.25) is 9.69 Å².